The van der Waals surface area contributed by atoms with Gasteiger partial charge >= 0.3 is 6.18 Å². The summed E-state index contributed by atoms with van der Waals surface area (Å²) in [6.07, 6.45) is -4.68. The van der Waals surface area contributed by atoms with E-state index in [1.54, 1.807) is 7.05 Å². The van der Waals surface area contributed by atoms with Crippen molar-refractivity contribution < 1.29 is 13.2 Å². The topological polar surface area (TPSA) is 29.3 Å². The Kier molecular flexibility index (Phi) is 6.12. The molecule has 0 radical (unpaired) electrons. The highest BCUT2D eigenvalue weighted by atomic mass is 32.1. The van der Waals surface area contributed by atoms with E-state index in [9.17, 15) is 13.2 Å². The standard InChI is InChI=1S/C9H17F3N2S/c1-7(8(13)15)6-14(2)5-3-4-9(10,11)12/h7H,3-6H2,1-2H3,(H2,13,15). The van der Waals surface area contributed by atoms with E-state index in [0.29, 0.717) is 18.1 Å². The van der Waals surface area contributed by atoms with Gasteiger partial charge in [0, 0.05) is 18.9 Å². The number of rotatable bonds is 6. The van der Waals surface area contributed by atoms with E-state index in [0.717, 1.165) is 0 Å². The minimum Gasteiger partial charge on any atom is -0.393 e. The van der Waals surface area contributed by atoms with Gasteiger partial charge in [-0.15, -0.1) is 0 Å². The normalized spacial score (nSPS) is 14.3. The summed E-state index contributed by atoms with van der Waals surface area (Å²) >= 11 is 4.78. The molecule has 0 aliphatic heterocycles. The van der Waals surface area contributed by atoms with Crippen molar-refractivity contribution in [2.45, 2.75) is 25.9 Å². The predicted molar refractivity (Wildman–Crippen MR) is 58.7 cm³/mol. The van der Waals surface area contributed by atoms with E-state index in [2.05, 4.69) is 0 Å². The van der Waals surface area contributed by atoms with E-state index in [1.165, 1.54) is 0 Å². The highest BCUT2D eigenvalue weighted by Gasteiger charge is 2.26. The van der Waals surface area contributed by atoms with Crippen LogP contribution in [-0.4, -0.2) is 36.2 Å². The highest BCUT2D eigenvalue weighted by Crippen LogP contribution is 2.21. The van der Waals surface area contributed by atoms with Crippen LogP contribution in [0.5, 0.6) is 0 Å². The average molecular weight is 242 g/mol. The second-order valence-electron chi connectivity index (χ2n) is 3.78. The zero-order valence-electron chi connectivity index (χ0n) is 8.97. The van der Waals surface area contributed by atoms with Crippen molar-refractivity contribution in [3.8, 4) is 0 Å². The molecule has 0 spiro atoms. The Morgan fingerprint density at radius 1 is 1.47 bits per heavy atom. The summed E-state index contributed by atoms with van der Waals surface area (Å²) in [5.74, 6) is 0.0379. The molecule has 2 nitrogen and oxygen atoms in total. The molecule has 15 heavy (non-hydrogen) atoms. The minimum absolute atomic E-state index is 0.0379. The molecule has 0 bridgehead atoms. The fourth-order valence-electron chi connectivity index (χ4n) is 1.20. The molecule has 0 amide bonds. The second-order valence-corrected chi connectivity index (χ2v) is 4.26. The van der Waals surface area contributed by atoms with Gasteiger partial charge in [-0.05, 0) is 20.0 Å². The van der Waals surface area contributed by atoms with Crippen LogP contribution in [-0.2, 0) is 0 Å². The number of nitrogens with zero attached hydrogens (tertiary/aromatic N) is 1. The van der Waals surface area contributed by atoms with Crippen LogP contribution in [0, 0.1) is 5.92 Å². The molecule has 0 aromatic heterocycles. The van der Waals surface area contributed by atoms with Crippen LogP contribution in [0.4, 0.5) is 13.2 Å². The van der Waals surface area contributed by atoms with Gasteiger partial charge in [-0.1, -0.05) is 19.1 Å². The monoisotopic (exact) mass is 242 g/mol. The molecule has 1 atom stereocenters. The van der Waals surface area contributed by atoms with Crippen LogP contribution in [0.2, 0.25) is 0 Å². The zero-order valence-corrected chi connectivity index (χ0v) is 9.79. The lowest BCUT2D eigenvalue weighted by molar-refractivity contribution is -0.136. The number of alkyl halides is 3. The van der Waals surface area contributed by atoms with Gasteiger partial charge in [-0.2, -0.15) is 13.2 Å². The van der Waals surface area contributed by atoms with Crippen LogP contribution in [0.15, 0.2) is 0 Å². The Morgan fingerprint density at radius 3 is 2.40 bits per heavy atom. The molecule has 2 N–H and O–H groups in total. The fourth-order valence-corrected chi connectivity index (χ4v) is 1.27. The molecule has 1 unspecified atom stereocenters. The molecule has 0 aromatic carbocycles. The minimum atomic E-state index is -4.06. The Labute approximate surface area is 93.6 Å². The molecule has 90 valence electrons. The highest BCUT2D eigenvalue weighted by molar-refractivity contribution is 7.80. The summed E-state index contributed by atoms with van der Waals surface area (Å²) in [4.78, 5) is 2.22. The largest absolute Gasteiger partial charge is 0.393 e. The lowest BCUT2D eigenvalue weighted by atomic mass is 10.1. The van der Waals surface area contributed by atoms with Gasteiger partial charge in [0.15, 0.2) is 0 Å². The first-order chi connectivity index (χ1) is 6.72. The van der Waals surface area contributed by atoms with E-state index in [4.69, 9.17) is 18.0 Å². The summed E-state index contributed by atoms with van der Waals surface area (Å²) < 4.78 is 35.5. The van der Waals surface area contributed by atoms with Crippen LogP contribution in [0.1, 0.15) is 19.8 Å². The van der Waals surface area contributed by atoms with Gasteiger partial charge in [-0.3, -0.25) is 0 Å². The Balaban J connectivity index is 3.67. The molecule has 0 saturated heterocycles. The quantitative estimate of drug-likeness (QED) is 0.724. The van der Waals surface area contributed by atoms with E-state index in [-0.39, 0.29) is 12.3 Å². The maximum absolute atomic E-state index is 11.8. The third kappa shape index (κ3) is 8.62. The van der Waals surface area contributed by atoms with Gasteiger partial charge in [0.05, 0.1) is 4.99 Å². The Morgan fingerprint density at radius 2 is 2.00 bits per heavy atom. The van der Waals surface area contributed by atoms with Gasteiger partial charge in [0.25, 0.3) is 0 Å². The number of halogens is 3. The van der Waals surface area contributed by atoms with Crippen LogP contribution in [0.3, 0.4) is 0 Å². The maximum atomic E-state index is 11.8. The number of hydrogen-bond acceptors (Lipinski definition) is 2. The van der Waals surface area contributed by atoms with E-state index >= 15 is 0 Å². The Bertz CT molecular complexity index is 206. The van der Waals surface area contributed by atoms with Crippen LogP contribution < -0.4 is 5.73 Å². The van der Waals surface area contributed by atoms with Crippen molar-refractivity contribution in [1.82, 2.24) is 4.90 Å². The molecule has 0 saturated carbocycles. The molecule has 0 aliphatic rings. The van der Waals surface area contributed by atoms with Crippen molar-refractivity contribution in [3.05, 3.63) is 0 Å². The van der Waals surface area contributed by atoms with Gasteiger partial charge in [0.1, 0.15) is 0 Å². The molecule has 0 rings (SSSR count). The smallest absolute Gasteiger partial charge is 0.389 e. The van der Waals surface area contributed by atoms with E-state index in [1.807, 2.05) is 11.8 Å². The van der Waals surface area contributed by atoms with Gasteiger partial charge < -0.3 is 10.6 Å². The molecule has 0 heterocycles. The van der Waals surface area contributed by atoms with Crippen LogP contribution in [0.25, 0.3) is 0 Å². The second kappa shape index (κ2) is 6.27. The first kappa shape index (κ1) is 14.6. The maximum Gasteiger partial charge on any atom is 0.389 e. The predicted octanol–water partition coefficient (Wildman–Crippen LogP) is 2.18. The van der Waals surface area contributed by atoms with Crippen LogP contribution >= 0.6 is 12.2 Å². The lowest BCUT2D eigenvalue weighted by Gasteiger charge is -2.20. The van der Waals surface area contributed by atoms with Crippen molar-refractivity contribution in [3.63, 3.8) is 0 Å². The third-order valence-electron chi connectivity index (χ3n) is 2.07. The van der Waals surface area contributed by atoms with Gasteiger partial charge in [0.2, 0.25) is 0 Å². The summed E-state index contributed by atoms with van der Waals surface area (Å²) in [5.41, 5.74) is 5.41. The number of thiocarbonyl (C=S) groups is 1. The molecule has 0 aromatic rings. The molecule has 0 aliphatic carbocycles. The van der Waals surface area contributed by atoms with Gasteiger partial charge in [-0.25, -0.2) is 0 Å². The van der Waals surface area contributed by atoms with Crippen molar-refractivity contribution in [1.29, 1.82) is 0 Å². The fraction of sp³-hybridized carbons (Fsp3) is 0.889. The molecular weight excluding hydrogens is 225 g/mol. The lowest BCUT2D eigenvalue weighted by Crippen LogP contribution is -2.32. The zero-order chi connectivity index (χ0) is 12.1. The first-order valence-electron chi connectivity index (χ1n) is 4.77. The van der Waals surface area contributed by atoms with E-state index < -0.39 is 12.6 Å². The summed E-state index contributed by atoms with van der Waals surface area (Å²) in [7, 11) is 1.77. The summed E-state index contributed by atoms with van der Waals surface area (Å²) in [6, 6.07) is 0. The summed E-state index contributed by atoms with van der Waals surface area (Å²) in [5, 5.41) is 0. The summed E-state index contributed by atoms with van der Waals surface area (Å²) in [6.45, 7) is 2.88. The Hall–Kier alpha value is -0.360. The average Bonchev–Trinajstić information content (AvgIpc) is 2.01. The molecule has 6 heteroatoms. The van der Waals surface area contributed by atoms with Crippen molar-refractivity contribution in [2.75, 3.05) is 20.1 Å². The number of nitrogens with two attached hydrogens (primary N) is 1. The van der Waals surface area contributed by atoms with Crippen molar-refractivity contribution in [2.24, 2.45) is 11.7 Å². The molecular formula is C9H17F3N2S. The molecule has 0 fully saturated rings. The van der Waals surface area contributed by atoms with Crippen molar-refractivity contribution >= 4 is 17.2 Å². The third-order valence-corrected chi connectivity index (χ3v) is 2.47. The SMILES string of the molecule is CC(CN(C)CCCC(F)(F)F)C(N)=S. The number of hydrogen-bond donors (Lipinski definition) is 1. The first-order valence-corrected chi connectivity index (χ1v) is 5.18.